The number of imidazole rings is 1. The molecule has 1 atom stereocenters. The largest absolute Gasteiger partial charge is 0.487 e. The van der Waals surface area contributed by atoms with Crippen molar-refractivity contribution in [3.05, 3.63) is 48.0 Å². The maximum Gasteiger partial charge on any atom is 0.319 e. The number of aromatic nitrogens is 2. The van der Waals surface area contributed by atoms with Gasteiger partial charge in [0.2, 0.25) is 0 Å². The summed E-state index contributed by atoms with van der Waals surface area (Å²) in [6, 6.07) is 8.14. The molecular formula is C21H28F2IN5O. The van der Waals surface area contributed by atoms with E-state index in [1.165, 1.54) is 25.2 Å². The number of nitrogens with one attached hydrogen (secondary N) is 2. The summed E-state index contributed by atoms with van der Waals surface area (Å²) in [7, 11) is 0. The third-order valence-corrected chi connectivity index (χ3v) is 5.70. The topological polar surface area (TPSA) is 63.5 Å². The second-order valence-corrected chi connectivity index (χ2v) is 7.65. The number of hydrogen-bond acceptors (Lipinski definition) is 3. The highest BCUT2D eigenvalue weighted by Crippen LogP contribution is 2.46. The minimum absolute atomic E-state index is 0. The predicted octanol–water partition coefficient (Wildman–Crippen LogP) is 4.79. The zero-order chi connectivity index (χ0) is 20.3. The van der Waals surface area contributed by atoms with Crippen LogP contribution in [-0.4, -0.2) is 27.7 Å². The van der Waals surface area contributed by atoms with Crippen LogP contribution in [0.25, 0.3) is 0 Å². The van der Waals surface area contributed by atoms with E-state index < -0.39 is 6.55 Å². The molecule has 1 fully saturated rings. The van der Waals surface area contributed by atoms with Gasteiger partial charge in [0, 0.05) is 30.9 Å². The molecule has 6 nitrogen and oxygen atoms in total. The summed E-state index contributed by atoms with van der Waals surface area (Å²) in [6.07, 6.45) is 7.97. The lowest BCUT2D eigenvalue weighted by atomic mass is 9.86. The monoisotopic (exact) mass is 531 g/mol. The highest BCUT2D eigenvalue weighted by atomic mass is 127. The summed E-state index contributed by atoms with van der Waals surface area (Å²) in [6.45, 7) is 0.101. The van der Waals surface area contributed by atoms with Gasteiger partial charge in [-0.15, -0.1) is 24.0 Å². The molecule has 164 valence electrons. The van der Waals surface area contributed by atoms with Crippen molar-refractivity contribution in [3.63, 3.8) is 0 Å². The summed E-state index contributed by atoms with van der Waals surface area (Å²) < 4.78 is 33.4. The second-order valence-electron chi connectivity index (χ2n) is 7.65. The van der Waals surface area contributed by atoms with E-state index in [0.717, 1.165) is 35.1 Å². The van der Waals surface area contributed by atoms with Crippen molar-refractivity contribution in [1.29, 1.82) is 0 Å². The molecule has 0 amide bonds. The molecule has 2 aliphatic rings. The molecule has 2 heterocycles. The van der Waals surface area contributed by atoms with E-state index in [9.17, 15) is 8.78 Å². The van der Waals surface area contributed by atoms with Crippen molar-refractivity contribution in [2.75, 3.05) is 6.54 Å². The standard InChI is InChI=1S/C21H27F2N5O.HI/c1-2-24-20(26-14-18-25-11-12-28(18)19(22)23)27-16-13-21(9-5-6-10-21)29-17-8-4-3-7-15(16)17;/h3-4,7-8,11-12,16,19H,2,5-6,9-10,13-14H2,1H3,(H2,24,26,27);1H. The van der Waals surface area contributed by atoms with E-state index in [4.69, 9.17) is 4.74 Å². The van der Waals surface area contributed by atoms with Gasteiger partial charge in [0.15, 0.2) is 5.96 Å². The molecule has 30 heavy (non-hydrogen) atoms. The molecule has 0 radical (unpaired) electrons. The fourth-order valence-corrected chi connectivity index (χ4v) is 4.35. The van der Waals surface area contributed by atoms with Crippen molar-refractivity contribution in [2.45, 2.75) is 63.8 Å². The Kier molecular flexibility index (Phi) is 7.54. The first-order chi connectivity index (χ1) is 14.1. The summed E-state index contributed by atoms with van der Waals surface area (Å²) in [5.41, 5.74) is 0.972. The third-order valence-electron chi connectivity index (χ3n) is 5.70. The molecule has 4 rings (SSSR count). The lowest BCUT2D eigenvalue weighted by Crippen LogP contribution is -2.46. The van der Waals surface area contributed by atoms with Gasteiger partial charge in [-0.3, -0.25) is 4.57 Å². The van der Waals surface area contributed by atoms with Gasteiger partial charge in [-0.05, 0) is 38.7 Å². The Labute approximate surface area is 192 Å². The van der Waals surface area contributed by atoms with E-state index in [0.29, 0.717) is 12.5 Å². The average Bonchev–Trinajstić information content (AvgIpc) is 3.36. The molecular weight excluding hydrogens is 503 g/mol. The molecule has 0 saturated heterocycles. The Morgan fingerprint density at radius 3 is 2.83 bits per heavy atom. The van der Waals surface area contributed by atoms with Gasteiger partial charge < -0.3 is 15.4 Å². The molecule has 2 N–H and O–H groups in total. The molecule has 9 heteroatoms. The van der Waals surface area contributed by atoms with E-state index >= 15 is 0 Å². The average molecular weight is 531 g/mol. The zero-order valence-corrected chi connectivity index (χ0v) is 19.3. The number of aliphatic imine (C=N–C) groups is 1. The first-order valence-corrected chi connectivity index (χ1v) is 10.2. The van der Waals surface area contributed by atoms with Crippen molar-refractivity contribution in [3.8, 4) is 5.75 Å². The quantitative estimate of drug-likeness (QED) is 0.331. The molecule has 1 aliphatic heterocycles. The number of halogens is 3. The van der Waals surface area contributed by atoms with Crippen LogP contribution < -0.4 is 15.4 Å². The zero-order valence-electron chi connectivity index (χ0n) is 17.0. The number of para-hydroxylation sites is 1. The summed E-state index contributed by atoms with van der Waals surface area (Å²) in [4.78, 5) is 8.53. The number of benzene rings is 1. The smallest absolute Gasteiger partial charge is 0.319 e. The molecule has 1 aromatic heterocycles. The van der Waals surface area contributed by atoms with E-state index in [1.54, 1.807) is 0 Å². The van der Waals surface area contributed by atoms with E-state index in [1.807, 2.05) is 25.1 Å². The van der Waals surface area contributed by atoms with Crippen molar-refractivity contribution in [2.24, 2.45) is 4.99 Å². The molecule has 1 spiro atoms. The molecule has 2 aromatic rings. The first kappa shape index (κ1) is 22.8. The lowest BCUT2D eigenvalue weighted by molar-refractivity contribution is 0.0395. The molecule has 1 unspecified atom stereocenters. The van der Waals surface area contributed by atoms with Crippen molar-refractivity contribution >= 4 is 29.9 Å². The van der Waals surface area contributed by atoms with Crippen LogP contribution in [0.3, 0.4) is 0 Å². The molecule has 1 saturated carbocycles. The molecule has 0 bridgehead atoms. The Balaban J connectivity index is 0.00000256. The van der Waals surface area contributed by atoms with Gasteiger partial charge >= 0.3 is 6.55 Å². The summed E-state index contributed by atoms with van der Waals surface area (Å²) >= 11 is 0. The number of fused-ring (bicyclic) bond motifs is 1. The fourth-order valence-electron chi connectivity index (χ4n) is 4.35. The number of rotatable bonds is 5. The Morgan fingerprint density at radius 2 is 2.10 bits per heavy atom. The Bertz CT molecular complexity index is 867. The van der Waals surface area contributed by atoms with Gasteiger partial charge in [-0.25, -0.2) is 9.98 Å². The highest BCUT2D eigenvalue weighted by molar-refractivity contribution is 14.0. The van der Waals surface area contributed by atoms with Gasteiger partial charge in [0.25, 0.3) is 0 Å². The van der Waals surface area contributed by atoms with Gasteiger partial charge in [-0.2, -0.15) is 8.78 Å². The number of hydrogen-bond donors (Lipinski definition) is 2. The van der Waals surface area contributed by atoms with Crippen molar-refractivity contribution in [1.82, 2.24) is 20.2 Å². The van der Waals surface area contributed by atoms with Crippen LogP contribution in [0, 0.1) is 0 Å². The SMILES string of the molecule is CCNC(=NCc1nccn1C(F)F)NC1CC2(CCCC2)Oc2ccccc21.I. The summed E-state index contributed by atoms with van der Waals surface area (Å²) in [5.74, 6) is 1.74. The minimum atomic E-state index is -2.62. The van der Waals surface area contributed by atoms with Crippen LogP contribution in [0.5, 0.6) is 5.75 Å². The van der Waals surface area contributed by atoms with Crippen LogP contribution in [0.2, 0.25) is 0 Å². The fraction of sp³-hybridized carbons (Fsp3) is 0.524. The van der Waals surface area contributed by atoms with Gasteiger partial charge in [-0.1, -0.05) is 18.2 Å². The van der Waals surface area contributed by atoms with Crippen LogP contribution >= 0.6 is 24.0 Å². The predicted molar refractivity (Wildman–Crippen MR) is 122 cm³/mol. The maximum atomic E-state index is 13.1. The van der Waals surface area contributed by atoms with Crippen LogP contribution in [-0.2, 0) is 6.54 Å². The van der Waals surface area contributed by atoms with E-state index in [-0.39, 0.29) is 48.0 Å². The van der Waals surface area contributed by atoms with Gasteiger partial charge in [0.1, 0.15) is 23.7 Å². The maximum absolute atomic E-state index is 13.1. The van der Waals surface area contributed by atoms with Gasteiger partial charge in [0.05, 0.1) is 6.04 Å². The number of nitrogens with zero attached hydrogens (tertiary/aromatic N) is 3. The minimum Gasteiger partial charge on any atom is -0.487 e. The number of guanidine groups is 1. The Hall–Kier alpha value is -1.91. The normalized spacial score (nSPS) is 19.9. The van der Waals surface area contributed by atoms with Crippen molar-refractivity contribution < 1.29 is 13.5 Å². The highest BCUT2D eigenvalue weighted by Gasteiger charge is 2.43. The second kappa shape index (κ2) is 9.93. The number of ether oxygens (including phenoxy) is 1. The van der Waals surface area contributed by atoms with E-state index in [2.05, 4.69) is 26.7 Å². The summed E-state index contributed by atoms with van der Waals surface area (Å²) in [5, 5.41) is 6.73. The molecule has 1 aromatic carbocycles. The number of alkyl halides is 2. The lowest BCUT2D eigenvalue weighted by Gasteiger charge is -2.40. The van der Waals surface area contributed by atoms with Crippen LogP contribution in [0.1, 0.15) is 63.0 Å². The Morgan fingerprint density at radius 1 is 1.33 bits per heavy atom. The first-order valence-electron chi connectivity index (χ1n) is 10.2. The van der Waals surface area contributed by atoms with Crippen LogP contribution in [0.4, 0.5) is 8.78 Å². The van der Waals surface area contributed by atoms with Crippen LogP contribution in [0.15, 0.2) is 41.7 Å². The molecule has 1 aliphatic carbocycles. The third kappa shape index (κ3) is 4.87.